The van der Waals surface area contributed by atoms with Gasteiger partial charge >= 0.3 is 6.16 Å². The molecule has 0 aromatic heterocycles. The molecule has 0 unspecified atom stereocenters. The van der Waals surface area contributed by atoms with Gasteiger partial charge in [0.15, 0.2) is 0 Å². The van der Waals surface area contributed by atoms with Crippen molar-refractivity contribution >= 4 is 6.16 Å². The fourth-order valence-electron chi connectivity index (χ4n) is 0.978. The van der Waals surface area contributed by atoms with Crippen molar-refractivity contribution < 1.29 is 14.3 Å². The molecule has 1 rings (SSSR count). The predicted octanol–water partition coefficient (Wildman–Crippen LogP) is 1.88. The molecule has 0 saturated heterocycles. The number of carbonyl (C=O) groups excluding carboxylic acids is 1. The zero-order valence-electron chi connectivity index (χ0n) is 6.58. The molecular weight excluding hydrogens is 144 g/mol. The normalized spacial score (nSPS) is 21.7. The molecule has 1 aliphatic rings. The van der Waals surface area contributed by atoms with Crippen LogP contribution < -0.4 is 0 Å². The van der Waals surface area contributed by atoms with Crippen molar-refractivity contribution in [1.29, 1.82) is 0 Å². The summed E-state index contributed by atoms with van der Waals surface area (Å²) in [6.45, 7) is 2.13. The Morgan fingerprint density at radius 3 is 3.09 bits per heavy atom. The van der Waals surface area contributed by atoms with Crippen molar-refractivity contribution in [3.8, 4) is 0 Å². The first-order valence-corrected chi connectivity index (χ1v) is 3.83. The number of hydrogen-bond acceptors (Lipinski definition) is 3. The highest BCUT2D eigenvalue weighted by atomic mass is 16.7. The molecule has 62 valence electrons. The molecule has 3 heteroatoms. The monoisotopic (exact) mass is 156 g/mol. The Balaban J connectivity index is 2.19. The predicted molar refractivity (Wildman–Crippen MR) is 40.3 cm³/mol. The van der Waals surface area contributed by atoms with Crippen molar-refractivity contribution in [2.75, 3.05) is 6.61 Å². The number of hydrogen-bond donors (Lipinski definition) is 0. The summed E-state index contributed by atoms with van der Waals surface area (Å²) in [4.78, 5) is 10.7. The standard InChI is InChI=1S/C8H12O3/c1-2-10-8(9)11-7-5-3-4-6-7/h3,5,7H,2,4,6H2,1H3/t7-/m0/s1. The lowest BCUT2D eigenvalue weighted by Gasteiger charge is -2.08. The van der Waals surface area contributed by atoms with Gasteiger partial charge in [-0.2, -0.15) is 0 Å². The fraction of sp³-hybridized carbons (Fsp3) is 0.625. The number of carbonyl (C=O) groups is 1. The van der Waals surface area contributed by atoms with Crippen LogP contribution >= 0.6 is 0 Å². The molecule has 0 spiro atoms. The van der Waals surface area contributed by atoms with Crippen LogP contribution in [0, 0.1) is 0 Å². The highest BCUT2D eigenvalue weighted by Gasteiger charge is 2.14. The molecule has 0 fully saturated rings. The summed E-state index contributed by atoms with van der Waals surface area (Å²) in [5.41, 5.74) is 0. The molecule has 3 nitrogen and oxygen atoms in total. The maximum atomic E-state index is 10.7. The highest BCUT2D eigenvalue weighted by molar-refractivity contribution is 5.60. The van der Waals surface area contributed by atoms with E-state index < -0.39 is 6.16 Å². The van der Waals surface area contributed by atoms with Gasteiger partial charge in [-0.3, -0.25) is 0 Å². The number of allylic oxidation sites excluding steroid dienone is 1. The Hall–Kier alpha value is -0.990. The van der Waals surface area contributed by atoms with E-state index >= 15 is 0 Å². The first-order chi connectivity index (χ1) is 5.33. The van der Waals surface area contributed by atoms with Crippen molar-refractivity contribution in [3.63, 3.8) is 0 Å². The molecule has 1 atom stereocenters. The second-order valence-corrected chi connectivity index (χ2v) is 2.34. The van der Waals surface area contributed by atoms with E-state index in [0.29, 0.717) is 6.61 Å². The second kappa shape index (κ2) is 4.01. The SMILES string of the molecule is CCOC(=O)O[C@H]1C=CCC1. The fourth-order valence-corrected chi connectivity index (χ4v) is 0.978. The maximum Gasteiger partial charge on any atom is 0.508 e. The molecule has 0 heterocycles. The van der Waals surface area contributed by atoms with Crippen molar-refractivity contribution in [3.05, 3.63) is 12.2 Å². The van der Waals surface area contributed by atoms with Crippen LogP contribution in [-0.4, -0.2) is 18.9 Å². The minimum absolute atomic E-state index is 0.0611. The minimum atomic E-state index is -0.566. The van der Waals surface area contributed by atoms with E-state index in [1.807, 2.05) is 12.2 Å². The largest absolute Gasteiger partial charge is 0.508 e. The van der Waals surface area contributed by atoms with Crippen LogP contribution in [0.2, 0.25) is 0 Å². The van der Waals surface area contributed by atoms with E-state index in [1.54, 1.807) is 6.92 Å². The Morgan fingerprint density at radius 1 is 1.73 bits per heavy atom. The molecule has 0 aliphatic heterocycles. The van der Waals surface area contributed by atoms with Gasteiger partial charge in [0.2, 0.25) is 0 Å². The molecule has 0 radical (unpaired) electrons. The van der Waals surface area contributed by atoms with Gasteiger partial charge in [-0.05, 0) is 25.8 Å². The molecule has 0 aromatic rings. The van der Waals surface area contributed by atoms with Gasteiger partial charge in [-0.1, -0.05) is 6.08 Å². The van der Waals surface area contributed by atoms with Crippen LogP contribution in [-0.2, 0) is 9.47 Å². The first kappa shape index (κ1) is 8.11. The molecular formula is C8H12O3. The molecule has 0 N–H and O–H groups in total. The lowest BCUT2D eigenvalue weighted by Crippen LogP contribution is -2.14. The van der Waals surface area contributed by atoms with Crippen LogP contribution in [0.3, 0.4) is 0 Å². The van der Waals surface area contributed by atoms with Crippen LogP contribution in [0.15, 0.2) is 12.2 Å². The van der Waals surface area contributed by atoms with E-state index in [4.69, 9.17) is 4.74 Å². The zero-order valence-corrected chi connectivity index (χ0v) is 6.58. The zero-order chi connectivity index (χ0) is 8.10. The Labute approximate surface area is 66.0 Å². The number of ether oxygens (including phenoxy) is 2. The van der Waals surface area contributed by atoms with Gasteiger partial charge in [-0.15, -0.1) is 0 Å². The van der Waals surface area contributed by atoms with E-state index in [0.717, 1.165) is 12.8 Å². The van der Waals surface area contributed by atoms with Gasteiger partial charge in [0.25, 0.3) is 0 Å². The lowest BCUT2D eigenvalue weighted by molar-refractivity contribution is 0.0406. The summed E-state index contributed by atoms with van der Waals surface area (Å²) in [5.74, 6) is 0. The van der Waals surface area contributed by atoms with E-state index in [2.05, 4.69) is 4.74 Å². The summed E-state index contributed by atoms with van der Waals surface area (Å²) in [7, 11) is 0. The molecule has 0 bridgehead atoms. The van der Waals surface area contributed by atoms with Gasteiger partial charge in [0, 0.05) is 0 Å². The van der Waals surface area contributed by atoms with Gasteiger partial charge in [0.05, 0.1) is 6.61 Å². The van der Waals surface area contributed by atoms with Gasteiger partial charge < -0.3 is 9.47 Å². The lowest BCUT2D eigenvalue weighted by atomic mass is 10.3. The van der Waals surface area contributed by atoms with Crippen LogP contribution in [0.5, 0.6) is 0 Å². The van der Waals surface area contributed by atoms with Crippen molar-refractivity contribution in [1.82, 2.24) is 0 Å². The summed E-state index contributed by atoms with van der Waals surface area (Å²) in [6, 6.07) is 0. The molecule has 0 aromatic carbocycles. The Kier molecular flexibility index (Phi) is 2.95. The van der Waals surface area contributed by atoms with Gasteiger partial charge in [-0.25, -0.2) is 4.79 Å². The molecule has 0 saturated carbocycles. The first-order valence-electron chi connectivity index (χ1n) is 3.83. The van der Waals surface area contributed by atoms with E-state index in [9.17, 15) is 4.79 Å². The quantitative estimate of drug-likeness (QED) is 0.452. The number of rotatable bonds is 2. The van der Waals surface area contributed by atoms with Crippen molar-refractivity contribution in [2.24, 2.45) is 0 Å². The third-order valence-corrected chi connectivity index (χ3v) is 1.48. The minimum Gasteiger partial charge on any atom is -0.435 e. The average Bonchev–Trinajstić information content (AvgIpc) is 2.40. The highest BCUT2D eigenvalue weighted by Crippen LogP contribution is 2.13. The third-order valence-electron chi connectivity index (χ3n) is 1.48. The second-order valence-electron chi connectivity index (χ2n) is 2.34. The summed E-state index contributed by atoms with van der Waals surface area (Å²) >= 11 is 0. The van der Waals surface area contributed by atoms with Crippen molar-refractivity contribution in [2.45, 2.75) is 25.9 Å². The maximum absolute atomic E-state index is 10.7. The smallest absolute Gasteiger partial charge is 0.435 e. The summed E-state index contributed by atoms with van der Waals surface area (Å²) in [6.07, 6.45) is 5.14. The molecule has 1 aliphatic carbocycles. The van der Waals surface area contributed by atoms with Crippen LogP contribution in [0.1, 0.15) is 19.8 Å². The Bertz CT molecular complexity index is 163. The van der Waals surface area contributed by atoms with Gasteiger partial charge in [0.1, 0.15) is 6.10 Å². The summed E-state index contributed by atoms with van der Waals surface area (Å²) < 4.78 is 9.51. The Morgan fingerprint density at radius 2 is 2.55 bits per heavy atom. The van der Waals surface area contributed by atoms with Crippen LogP contribution in [0.4, 0.5) is 4.79 Å². The third kappa shape index (κ3) is 2.62. The molecule has 0 amide bonds. The summed E-state index contributed by atoms with van der Waals surface area (Å²) in [5, 5.41) is 0. The topological polar surface area (TPSA) is 35.5 Å². The van der Waals surface area contributed by atoms with Crippen LogP contribution in [0.25, 0.3) is 0 Å². The average molecular weight is 156 g/mol. The van der Waals surface area contributed by atoms with E-state index in [-0.39, 0.29) is 6.10 Å². The molecule has 11 heavy (non-hydrogen) atoms. The van der Waals surface area contributed by atoms with E-state index in [1.165, 1.54) is 0 Å².